The van der Waals surface area contributed by atoms with Crippen LogP contribution < -0.4 is 10.6 Å². The maximum Gasteiger partial charge on any atom is 0.394 e. The van der Waals surface area contributed by atoms with Gasteiger partial charge in [-0.05, 0) is 24.6 Å². The molecule has 4 rings (SSSR count). The molecule has 3 amide bonds. The predicted octanol–water partition coefficient (Wildman–Crippen LogP) is 3.22. The number of rotatable bonds is 9. The van der Waals surface area contributed by atoms with Gasteiger partial charge in [-0.15, -0.1) is 0 Å². The number of imidazole rings is 1. The average molecular weight is 575 g/mol. The molecule has 17 heteroatoms. The number of hydrogen-bond donors (Lipinski definition) is 2. The number of nitrogens with zero attached hydrogens (tertiary/aromatic N) is 6. The second-order valence-corrected chi connectivity index (χ2v) is 10.2. The number of carbonyl (C=O) groups excluding carboxylic acids is 2. The highest BCUT2D eigenvalue weighted by Crippen LogP contribution is 2.43. The Morgan fingerprint density at radius 2 is 2.02 bits per heavy atom. The van der Waals surface area contributed by atoms with E-state index in [2.05, 4.69) is 35.7 Å². The zero-order chi connectivity index (χ0) is 29.5. The molecule has 0 radical (unpaired) electrons. The fourth-order valence-electron chi connectivity index (χ4n) is 4.24. The first-order valence-electron chi connectivity index (χ1n) is 12.0. The summed E-state index contributed by atoms with van der Waals surface area (Å²) in [5.74, 6) is -3.99. The Balaban J connectivity index is 1.70. The first-order chi connectivity index (χ1) is 18.6. The van der Waals surface area contributed by atoms with Crippen LogP contribution in [0.25, 0.3) is 5.65 Å². The molecule has 1 saturated heterocycles. The van der Waals surface area contributed by atoms with Crippen molar-refractivity contribution in [1.82, 2.24) is 40.4 Å². The number of amides is 3. The molecule has 0 spiro atoms. The summed E-state index contributed by atoms with van der Waals surface area (Å²) in [6, 6.07) is -1.46. The lowest BCUT2D eigenvalue weighted by Crippen LogP contribution is -2.58. The highest BCUT2D eigenvalue weighted by Gasteiger charge is 2.49. The number of alkyl halides is 5. The second kappa shape index (κ2) is 10.6. The number of methoxy groups -OCH3 is 1. The maximum absolute atomic E-state index is 14.1. The van der Waals surface area contributed by atoms with Gasteiger partial charge in [0.2, 0.25) is 0 Å². The quantitative estimate of drug-likeness (QED) is 0.372. The van der Waals surface area contributed by atoms with E-state index in [9.17, 15) is 31.5 Å². The molecule has 3 aromatic rings. The Morgan fingerprint density at radius 3 is 2.65 bits per heavy atom. The van der Waals surface area contributed by atoms with Gasteiger partial charge in [-0.3, -0.25) is 4.79 Å². The predicted molar refractivity (Wildman–Crippen MR) is 126 cm³/mol. The zero-order valence-electron chi connectivity index (χ0n) is 21.9. The third kappa shape index (κ3) is 5.97. The number of aromatic nitrogens is 5. The van der Waals surface area contributed by atoms with Crippen molar-refractivity contribution in [1.29, 1.82) is 0 Å². The van der Waals surface area contributed by atoms with E-state index < -0.39 is 61.0 Å². The van der Waals surface area contributed by atoms with Gasteiger partial charge in [0.05, 0.1) is 55.3 Å². The zero-order valence-corrected chi connectivity index (χ0v) is 21.9. The fraction of sp³-hybridized carbons (Fsp3) is 0.565. The first kappa shape index (κ1) is 29.1. The van der Waals surface area contributed by atoms with Gasteiger partial charge in [0, 0.05) is 12.7 Å². The molecule has 4 heterocycles. The largest absolute Gasteiger partial charge is 0.394 e. The molecule has 12 nitrogen and oxygen atoms in total. The minimum atomic E-state index is -4.60. The monoisotopic (exact) mass is 574 g/mol. The van der Waals surface area contributed by atoms with Gasteiger partial charge >= 0.3 is 12.2 Å². The minimum absolute atomic E-state index is 0.0509. The van der Waals surface area contributed by atoms with Crippen molar-refractivity contribution in [3.8, 4) is 0 Å². The summed E-state index contributed by atoms with van der Waals surface area (Å²) < 4.78 is 80.4. The van der Waals surface area contributed by atoms with E-state index in [4.69, 9.17) is 4.74 Å². The summed E-state index contributed by atoms with van der Waals surface area (Å²) in [5, 5.41) is 15.9. The van der Waals surface area contributed by atoms with Crippen LogP contribution in [0.4, 0.5) is 26.7 Å². The average Bonchev–Trinajstić information content (AvgIpc) is 3.48. The Bertz CT molecular complexity index is 1390. The van der Waals surface area contributed by atoms with Gasteiger partial charge in [0.25, 0.3) is 11.8 Å². The van der Waals surface area contributed by atoms with Crippen LogP contribution in [-0.4, -0.2) is 80.7 Å². The molecule has 40 heavy (non-hydrogen) atoms. The SMILES string of the molecule is COC[C@H](c1cnn2cc([C@H](CC(C)(C)C(F)(F)F)NC(=O)c3nonc3C)nc2c1)N1CC(F)(F)CNC1=O. The van der Waals surface area contributed by atoms with Gasteiger partial charge in [0.1, 0.15) is 5.69 Å². The van der Waals surface area contributed by atoms with Gasteiger partial charge in [-0.1, -0.05) is 19.0 Å². The number of aryl methyl sites for hydroxylation is 1. The van der Waals surface area contributed by atoms with E-state index in [-0.39, 0.29) is 29.3 Å². The standard InChI is InChI=1S/C23H27F5N8O4/c1-12-18(34-40-33-12)19(37)32-14(6-21(2,3)23(26,27)28)15-8-36-17(31-15)5-13(7-30-36)16(9-39-4)35-11-22(24,25)10-29-20(35)38/h5,7-8,14,16H,6,9-11H2,1-4H3,(H,29,38)(H,32,37)/t14-,16+/m0/s1. The first-order valence-corrected chi connectivity index (χ1v) is 12.0. The summed E-state index contributed by atoms with van der Waals surface area (Å²) in [7, 11) is 1.34. The molecular weight excluding hydrogens is 547 g/mol. The van der Waals surface area contributed by atoms with Crippen molar-refractivity contribution in [3.05, 3.63) is 41.1 Å². The normalized spacial score (nSPS) is 17.5. The van der Waals surface area contributed by atoms with Crippen molar-refractivity contribution < 1.29 is 40.9 Å². The number of urea groups is 1. The van der Waals surface area contributed by atoms with E-state index in [1.807, 2.05) is 0 Å². The van der Waals surface area contributed by atoms with Crippen LogP contribution in [0.2, 0.25) is 0 Å². The van der Waals surface area contributed by atoms with Gasteiger partial charge in [0.15, 0.2) is 11.3 Å². The van der Waals surface area contributed by atoms with Gasteiger partial charge in [-0.25, -0.2) is 27.7 Å². The molecule has 0 unspecified atom stereocenters. The van der Waals surface area contributed by atoms with Crippen molar-refractivity contribution in [2.24, 2.45) is 5.41 Å². The van der Waals surface area contributed by atoms with Crippen molar-refractivity contribution in [2.75, 3.05) is 26.8 Å². The third-order valence-corrected chi connectivity index (χ3v) is 6.62. The summed E-state index contributed by atoms with van der Waals surface area (Å²) in [5.41, 5.74) is -1.79. The topological polar surface area (TPSA) is 140 Å². The Kier molecular flexibility index (Phi) is 7.70. The maximum atomic E-state index is 14.1. The number of ether oxygens (including phenoxy) is 1. The van der Waals surface area contributed by atoms with E-state index in [0.29, 0.717) is 5.56 Å². The van der Waals surface area contributed by atoms with Crippen molar-refractivity contribution in [2.45, 2.75) is 51.4 Å². The van der Waals surface area contributed by atoms with Crippen LogP contribution in [0.15, 0.2) is 23.1 Å². The summed E-state index contributed by atoms with van der Waals surface area (Å²) in [4.78, 5) is 30.5. The number of nitrogens with one attached hydrogen (secondary N) is 2. The van der Waals surface area contributed by atoms with Crippen molar-refractivity contribution in [3.63, 3.8) is 0 Å². The molecule has 218 valence electrons. The lowest BCUT2D eigenvalue weighted by molar-refractivity contribution is -0.215. The number of fused-ring (bicyclic) bond motifs is 1. The Labute approximate surface area is 224 Å². The van der Waals surface area contributed by atoms with Crippen LogP contribution in [0.3, 0.4) is 0 Å². The van der Waals surface area contributed by atoms with Crippen LogP contribution in [-0.2, 0) is 4.74 Å². The Morgan fingerprint density at radius 1 is 1.30 bits per heavy atom. The minimum Gasteiger partial charge on any atom is -0.382 e. The number of carbonyl (C=O) groups is 2. The van der Waals surface area contributed by atoms with Gasteiger partial charge in [-0.2, -0.15) is 18.3 Å². The highest BCUT2D eigenvalue weighted by atomic mass is 19.4. The van der Waals surface area contributed by atoms with Crippen LogP contribution in [0.5, 0.6) is 0 Å². The van der Waals surface area contributed by atoms with E-state index in [1.54, 1.807) is 0 Å². The Hall–Kier alpha value is -3.89. The fourth-order valence-corrected chi connectivity index (χ4v) is 4.24. The summed E-state index contributed by atoms with van der Waals surface area (Å²) >= 11 is 0. The smallest absolute Gasteiger partial charge is 0.382 e. The number of halogens is 5. The molecule has 3 aromatic heterocycles. The molecule has 1 aliphatic rings. The van der Waals surface area contributed by atoms with E-state index in [0.717, 1.165) is 18.7 Å². The molecule has 1 fully saturated rings. The van der Waals surface area contributed by atoms with Crippen LogP contribution in [0, 0.1) is 12.3 Å². The van der Waals surface area contributed by atoms with E-state index >= 15 is 0 Å². The van der Waals surface area contributed by atoms with E-state index in [1.165, 1.54) is 37.0 Å². The molecule has 2 N–H and O–H groups in total. The second-order valence-electron chi connectivity index (χ2n) is 10.2. The molecule has 0 saturated carbocycles. The van der Waals surface area contributed by atoms with Crippen LogP contribution >= 0.6 is 0 Å². The number of hydrogen-bond acceptors (Lipinski definition) is 8. The van der Waals surface area contributed by atoms with Crippen molar-refractivity contribution >= 4 is 17.6 Å². The summed E-state index contributed by atoms with van der Waals surface area (Å²) in [6.07, 6.45) is -2.52. The summed E-state index contributed by atoms with van der Waals surface area (Å²) in [6.45, 7) is 1.65. The highest BCUT2D eigenvalue weighted by molar-refractivity contribution is 5.93. The lowest BCUT2D eigenvalue weighted by atomic mass is 9.84. The molecule has 2 atom stereocenters. The molecule has 0 aromatic carbocycles. The molecular formula is C23H27F5N8O4. The van der Waals surface area contributed by atoms with Crippen LogP contribution in [0.1, 0.15) is 59.8 Å². The molecule has 0 bridgehead atoms. The molecule has 0 aliphatic carbocycles. The van der Waals surface area contributed by atoms with Gasteiger partial charge < -0.3 is 20.3 Å². The third-order valence-electron chi connectivity index (χ3n) is 6.62. The lowest BCUT2D eigenvalue weighted by Gasteiger charge is -2.38. The molecule has 1 aliphatic heterocycles.